The maximum absolute atomic E-state index is 11.6. The lowest BCUT2D eigenvalue weighted by atomic mass is 10.2. The Morgan fingerprint density at radius 1 is 1.46 bits per heavy atom. The molecule has 0 heterocycles. The smallest absolute Gasteiger partial charge is 0.304 e. The molecule has 0 saturated heterocycles. The molecule has 0 aliphatic heterocycles. The Labute approximate surface area is 78.4 Å². The van der Waals surface area contributed by atoms with Crippen LogP contribution in [0.4, 0.5) is 0 Å². The number of hydrogen-bond acceptors (Lipinski definition) is 2. The molecule has 0 aromatic carbocycles. The Morgan fingerprint density at radius 2 is 2.00 bits per heavy atom. The number of carboxylic acids is 1. The van der Waals surface area contributed by atoms with Crippen LogP contribution in [0.3, 0.4) is 0 Å². The second-order valence-electron chi connectivity index (χ2n) is 3.14. The lowest BCUT2D eigenvalue weighted by molar-refractivity contribution is -0.137. The molecule has 13 heavy (non-hydrogen) atoms. The van der Waals surface area contributed by atoms with Crippen molar-refractivity contribution in [2.75, 3.05) is 6.16 Å². The molecule has 0 radical (unpaired) electrons. The maximum Gasteiger partial charge on any atom is 0.304 e. The summed E-state index contributed by atoms with van der Waals surface area (Å²) in [6, 6.07) is 0. The highest BCUT2D eigenvalue weighted by molar-refractivity contribution is 7.58. The molecular formula is C8H17O4P. The highest BCUT2D eigenvalue weighted by atomic mass is 31.2. The van der Waals surface area contributed by atoms with Gasteiger partial charge in [-0.15, -0.1) is 0 Å². The highest BCUT2D eigenvalue weighted by Crippen LogP contribution is 2.49. The average Bonchev–Trinajstić information content (AvgIpc) is 1.99. The molecule has 5 heteroatoms. The standard InChI is InChI=1S/C8H17O4P/c1-3-5-13(11,12)7(4-2)6-8(9)10/h7H,3-6H2,1-2H3,(H,9,10)(H,11,12). The van der Waals surface area contributed by atoms with Crippen LogP contribution in [-0.4, -0.2) is 27.8 Å². The summed E-state index contributed by atoms with van der Waals surface area (Å²) in [7, 11) is -3.24. The minimum absolute atomic E-state index is 0.204. The minimum atomic E-state index is -3.24. The number of aliphatic carboxylic acids is 1. The summed E-state index contributed by atoms with van der Waals surface area (Å²) >= 11 is 0. The Kier molecular flexibility index (Phi) is 5.26. The van der Waals surface area contributed by atoms with Gasteiger partial charge in [-0.2, -0.15) is 0 Å². The first-order valence-corrected chi connectivity index (χ1v) is 6.38. The number of rotatable bonds is 6. The molecule has 2 N–H and O–H groups in total. The Morgan fingerprint density at radius 3 is 2.31 bits per heavy atom. The van der Waals surface area contributed by atoms with Crippen molar-refractivity contribution in [3.63, 3.8) is 0 Å². The van der Waals surface area contributed by atoms with E-state index in [4.69, 9.17) is 5.11 Å². The molecule has 4 nitrogen and oxygen atoms in total. The molecule has 0 aromatic rings. The molecule has 0 fully saturated rings. The quantitative estimate of drug-likeness (QED) is 0.654. The van der Waals surface area contributed by atoms with Crippen molar-refractivity contribution in [3.05, 3.63) is 0 Å². The predicted molar refractivity (Wildman–Crippen MR) is 51.3 cm³/mol. The second kappa shape index (κ2) is 5.40. The van der Waals surface area contributed by atoms with Gasteiger partial charge in [0.1, 0.15) is 0 Å². The van der Waals surface area contributed by atoms with E-state index in [0.29, 0.717) is 12.8 Å². The molecule has 0 bridgehead atoms. The monoisotopic (exact) mass is 208 g/mol. The zero-order chi connectivity index (χ0) is 10.5. The van der Waals surface area contributed by atoms with Gasteiger partial charge in [-0.05, 0) is 12.8 Å². The van der Waals surface area contributed by atoms with E-state index in [1.807, 2.05) is 6.92 Å². The van der Waals surface area contributed by atoms with Crippen molar-refractivity contribution in [3.8, 4) is 0 Å². The van der Waals surface area contributed by atoms with Crippen LogP contribution >= 0.6 is 7.37 Å². The minimum Gasteiger partial charge on any atom is -0.481 e. The maximum atomic E-state index is 11.6. The van der Waals surface area contributed by atoms with Gasteiger partial charge in [0.2, 0.25) is 7.37 Å². The lowest BCUT2D eigenvalue weighted by Gasteiger charge is -2.19. The number of carboxylic acid groups (broad SMARTS) is 1. The van der Waals surface area contributed by atoms with Gasteiger partial charge in [0.05, 0.1) is 6.42 Å². The Balaban J connectivity index is 4.37. The normalized spacial score (nSPS) is 17.8. The van der Waals surface area contributed by atoms with E-state index in [1.165, 1.54) is 0 Å². The van der Waals surface area contributed by atoms with Crippen LogP contribution in [0.5, 0.6) is 0 Å². The number of hydrogen-bond donors (Lipinski definition) is 2. The van der Waals surface area contributed by atoms with E-state index >= 15 is 0 Å². The van der Waals surface area contributed by atoms with Crippen molar-refractivity contribution in [1.29, 1.82) is 0 Å². The fraction of sp³-hybridized carbons (Fsp3) is 0.875. The van der Waals surface area contributed by atoms with Crippen molar-refractivity contribution in [2.24, 2.45) is 0 Å². The topological polar surface area (TPSA) is 74.6 Å². The zero-order valence-electron chi connectivity index (χ0n) is 8.06. The molecular weight excluding hydrogens is 191 g/mol. The third-order valence-corrected chi connectivity index (χ3v) is 4.77. The molecule has 78 valence electrons. The van der Waals surface area contributed by atoms with Crippen molar-refractivity contribution in [2.45, 2.75) is 38.8 Å². The summed E-state index contributed by atoms with van der Waals surface area (Å²) in [4.78, 5) is 19.9. The van der Waals surface area contributed by atoms with Crippen LogP contribution in [0.1, 0.15) is 33.1 Å². The Hall–Kier alpha value is -0.340. The second-order valence-corrected chi connectivity index (χ2v) is 5.83. The third-order valence-electron chi connectivity index (χ3n) is 2.00. The SMILES string of the molecule is CCCP(=O)(O)C(CC)CC(=O)O. The van der Waals surface area contributed by atoms with Crippen LogP contribution < -0.4 is 0 Å². The predicted octanol–water partition coefficient (Wildman–Crippen LogP) is 1.92. The van der Waals surface area contributed by atoms with E-state index in [0.717, 1.165) is 0 Å². The summed E-state index contributed by atoms with van der Waals surface area (Å²) in [5.74, 6) is -1.00. The average molecular weight is 208 g/mol. The van der Waals surface area contributed by atoms with E-state index in [2.05, 4.69) is 0 Å². The summed E-state index contributed by atoms with van der Waals surface area (Å²) in [6.45, 7) is 3.56. The van der Waals surface area contributed by atoms with Crippen molar-refractivity contribution < 1.29 is 19.4 Å². The molecule has 0 spiro atoms. The summed E-state index contributed by atoms with van der Waals surface area (Å²) < 4.78 is 11.6. The first-order valence-electron chi connectivity index (χ1n) is 4.47. The molecule has 0 aromatic heterocycles. The van der Waals surface area contributed by atoms with Gasteiger partial charge in [0.25, 0.3) is 0 Å². The van der Waals surface area contributed by atoms with Crippen LogP contribution in [-0.2, 0) is 9.36 Å². The number of carbonyl (C=O) groups is 1. The van der Waals surface area contributed by atoms with Crippen LogP contribution in [0.25, 0.3) is 0 Å². The summed E-state index contributed by atoms with van der Waals surface area (Å²) in [5, 5.41) is 8.51. The van der Waals surface area contributed by atoms with Gasteiger partial charge in [0.15, 0.2) is 0 Å². The van der Waals surface area contributed by atoms with E-state index in [1.54, 1.807) is 6.92 Å². The van der Waals surface area contributed by atoms with Gasteiger partial charge in [-0.3, -0.25) is 9.36 Å². The van der Waals surface area contributed by atoms with Gasteiger partial charge >= 0.3 is 5.97 Å². The first-order chi connectivity index (χ1) is 5.94. The van der Waals surface area contributed by atoms with Gasteiger partial charge in [0, 0.05) is 11.8 Å². The fourth-order valence-electron chi connectivity index (χ4n) is 1.28. The fourth-order valence-corrected chi connectivity index (χ4v) is 3.29. The van der Waals surface area contributed by atoms with Gasteiger partial charge in [-0.25, -0.2) is 0 Å². The largest absolute Gasteiger partial charge is 0.481 e. The summed E-state index contributed by atoms with van der Waals surface area (Å²) in [5.41, 5.74) is -0.579. The van der Waals surface area contributed by atoms with Crippen LogP contribution in [0, 0.1) is 0 Å². The van der Waals surface area contributed by atoms with Gasteiger partial charge in [-0.1, -0.05) is 13.8 Å². The molecule has 0 amide bonds. The molecule has 0 saturated carbocycles. The molecule has 0 aliphatic rings. The first kappa shape index (κ1) is 12.7. The molecule has 0 rings (SSSR count). The lowest BCUT2D eigenvalue weighted by Crippen LogP contribution is -2.14. The highest BCUT2D eigenvalue weighted by Gasteiger charge is 2.30. The van der Waals surface area contributed by atoms with E-state index in [9.17, 15) is 14.3 Å². The van der Waals surface area contributed by atoms with Crippen LogP contribution in [0.2, 0.25) is 0 Å². The summed E-state index contributed by atoms with van der Waals surface area (Å²) in [6.07, 6.45) is 1.08. The van der Waals surface area contributed by atoms with E-state index < -0.39 is 19.0 Å². The van der Waals surface area contributed by atoms with E-state index in [-0.39, 0.29) is 12.6 Å². The van der Waals surface area contributed by atoms with Crippen molar-refractivity contribution in [1.82, 2.24) is 0 Å². The van der Waals surface area contributed by atoms with Crippen LogP contribution in [0.15, 0.2) is 0 Å². The third kappa shape index (κ3) is 4.44. The molecule has 2 atom stereocenters. The van der Waals surface area contributed by atoms with Gasteiger partial charge < -0.3 is 10.00 Å². The Bertz CT molecular complexity index is 214. The zero-order valence-corrected chi connectivity index (χ0v) is 8.96. The molecule has 2 unspecified atom stereocenters. The molecule has 0 aliphatic carbocycles. The van der Waals surface area contributed by atoms with Crippen molar-refractivity contribution >= 4 is 13.3 Å².